The summed E-state index contributed by atoms with van der Waals surface area (Å²) in [6, 6.07) is 9.59. The van der Waals surface area contributed by atoms with Gasteiger partial charge in [-0.3, -0.25) is 0 Å². The first-order valence-electron chi connectivity index (χ1n) is 8.20. The van der Waals surface area contributed by atoms with E-state index in [0.717, 1.165) is 13.1 Å². The highest BCUT2D eigenvalue weighted by molar-refractivity contribution is 5.26. The van der Waals surface area contributed by atoms with E-state index in [2.05, 4.69) is 53.1 Å². The summed E-state index contributed by atoms with van der Waals surface area (Å²) in [7, 11) is 0. The maximum atomic E-state index is 5.67. The highest BCUT2D eigenvalue weighted by Crippen LogP contribution is 2.18. The van der Waals surface area contributed by atoms with Crippen molar-refractivity contribution < 1.29 is 4.90 Å². The van der Waals surface area contributed by atoms with E-state index in [1.165, 1.54) is 28.9 Å². The second kappa shape index (κ2) is 6.50. The van der Waals surface area contributed by atoms with Gasteiger partial charge in [-0.2, -0.15) is 15.0 Å². The van der Waals surface area contributed by atoms with Gasteiger partial charge in [0.25, 0.3) is 0 Å². The molecule has 2 aromatic rings. The van der Waals surface area contributed by atoms with Crippen LogP contribution >= 0.6 is 0 Å². The second-order valence-electron chi connectivity index (χ2n) is 6.65. The number of anilines is 2. The van der Waals surface area contributed by atoms with Crippen LogP contribution in [0.2, 0.25) is 0 Å². The summed E-state index contributed by atoms with van der Waals surface area (Å²) in [4.78, 5) is 13.7. The number of nitrogens with one attached hydrogen (secondary N) is 1. The van der Waals surface area contributed by atoms with Crippen molar-refractivity contribution in [2.75, 3.05) is 11.5 Å². The van der Waals surface area contributed by atoms with Crippen LogP contribution in [0.25, 0.3) is 0 Å². The largest absolute Gasteiger partial charge is 0.368 e. The fourth-order valence-corrected chi connectivity index (χ4v) is 2.86. The van der Waals surface area contributed by atoms with Crippen LogP contribution in [0.5, 0.6) is 0 Å². The maximum absolute atomic E-state index is 5.67. The molecule has 5 N–H and O–H groups in total. The fraction of sp³-hybridized carbons (Fsp3) is 0.471. The molecule has 0 spiro atoms. The van der Waals surface area contributed by atoms with Crippen LogP contribution < -0.4 is 16.4 Å². The molecule has 0 saturated heterocycles. The monoisotopic (exact) mass is 313 g/mol. The highest BCUT2D eigenvalue weighted by atomic mass is 15.2. The number of benzene rings is 1. The van der Waals surface area contributed by atoms with E-state index in [0.29, 0.717) is 17.8 Å². The molecule has 0 bridgehead atoms. The lowest BCUT2D eigenvalue weighted by atomic mass is 10.0. The van der Waals surface area contributed by atoms with Gasteiger partial charge in [0.1, 0.15) is 13.1 Å². The van der Waals surface area contributed by atoms with E-state index in [1.807, 2.05) is 0 Å². The van der Waals surface area contributed by atoms with Crippen LogP contribution in [0.15, 0.2) is 24.3 Å². The Bertz CT molecular complexity index is 643. The number of hydrogen-bond acceptors (Lipinski definition) is 5. The predicted molar refractivity (Wildman–Crippen MR) is 90.6 cm³/mol. The Labute approximate surface area is 137 Å². The predicted octanol–water partition coefficient (Wildman–Crippen LogP) is 0.907. The third kappa shape index (κ3) is 4.16. The summed E-state index contributed by atoms with van der Waals surface area (Å²) in [5, 5.41) is 0. The number of quaternary nitrogens is 1. The molecule has 1 saturated carbocycles. The Balaban J connectivity index is 1.71. The maximum Gasteiger partial charge on any atom is 0.225 e. The van der Waals surface area contributed by atoms with Crippen molar-refractivity contribution in [1.82, 2.24) is 15.0 Å². The molecule has 1 aromatic heterocycles. The quantitative estimate of drug-likeness (QED) is 0.737. The number of nitrogens with two attached hydrogens (primary N) is 2. The molecule has 0 aliphatic heterocycles. The molecule has 6 nitrogen and oxygen atoms in total. The van der Waals surface area contributed by atoms with Crippen LogP contribution in [0.4, 0.5) is 11.9 Å². The second-order valence-corrected chi connectivity index (χ2v) is 6.65. The molecule has 1 unspecified atom stereocenters. The van der Waals surface area contributed by atoms with Gasteiger partial charge in [-0.25, -0.2) is 0 Å². The standard InChI is InChI=1S/C17H24N6/c1-11(2)13-5-3-12(4-6-13)9-23(14-7-8-14)10-15-20-16(18)22-17(19)21-15/h3-6,11,14H,7-10H2,1-2H3,(H4,18,19,20,21,22)/p+1. The van der Waals surface area contributed by atoms with Crippen molar-refractivity contribution in [1.29, 1.82) is 0 Å². The van der Waals surface area contributed by atoms with Gasteiger partial charge in [0, 0.05) is 18.4 Å². The van der Waals surface area contributed by atoms with E-state index in [9.17, 15) is 0 Å². The molecular formula is C17H25N6+. The molecule has 3 rings (SSSR count). The third-order valence-electron chi connectivity index (χ3n) is 4.33. The Morgan fingerprint density at radius 1 is 1.00 bits per heavy atom. The number of rotatable bonds is 6. The molecule has 1 fully saturated rings. The fourth-order valence-electron chi connectivity index (χ4n) is 2.86. The normalized spacial score (nSPS) is 15.8. The van der Waals surface area contributed by atoms with Crippen molar-refractivity contribution in [3.63, 3.8) is 0 Å². The van der Waals surface area contributed by atoms with Crippen LogP contribution in [0, 0.1) is 0 Å². The Morgan fingerprint density at radius 3 is 2.13 bits per heavy atom. The first-order valence-corrected chi connectivity index (χ1v) is 8.20. The van der Waals surface area contributed by atoms with Crippen LogP contribution in [0.3, 0.4) is 0 Å². The van der Waals surface area contributed by atoms with Crippen molar-refractivity contribution in [3.05, 3.63) is 41.2 Å². The molecule has 1 aromatic carbocycles. The molecule has 23 heavy (non-hydrogen) atoms. The minimum absolute atomic E-state index is 0.198. The van der Waals surface area contributed by atoms with Gasteiger partial charge in [0.15, 0.2) is 5.82 Å². The van der Waals surface area contributed by atoms with Gasteiger partial charge in [0.05, 0.1) is 6.04 Å². The highest BCUT2D eigenvalue weighted by Gasteiger charge is 2.34. The lowest BCUT2D eigenvalue weighted by Crippen LogP contribution is -3.10. The molecule has 1 aliphatic rings. The number of nitrogen functional groups attached to an aromatic ring is 2. The Morgan fingerprint density at radius 2 is 1.61 bits per heavy atom. The average molecular weight is 313 g/mol. The molecular weight excluding hydrogens is 288 g/mol. The van der Waals surface area contributed by atoms with E-state index < -0.39 is 0 Å². The minimum Gasteiger partial charge on any atom is -0.368 e. The average Bonchev–Trinajstić information content (AvgIpc) is 3.30. The number of hydrogen-bond donors (Lipinski definition) is 3. The summed E-state index contributed by atoms with van der Waals surface area (Å²) < 4.78 is 0. The Hall–Kier alpha value is -2.21. The molecule has 0 amide bonds. The molecule has 1 aliphatic carbocycles. The molecule has 1 heterocycles. The van der Waals surface area contributed by atoms with Crippen molar-refractivity contribution in [3.8, 4) is 0 Å². The summed E-state index contributed by atoms with van der Waals surface area (Å²) in [6.45, 7) is 6.13. The lowest BCUT2D eigenvalue weighted by molar-refractivity contribution is -0.939. The van der Waals surface area contributed by atoms with E-state index in [-0.39, 0.29) is 11.9 Å². The van der Waals surface area contributed by atoms with Crippen LogP contribution in [-0.2, 0) is 13.1 Å². The van der Waals surface area contributed by atoms with Gasteiger partial charge in [-0.15, -0.1) is 0 Å². The SMILES string of the molecule is CC(C)c1ccc(C[NH+](Cc2nc(N)nc(N)n2)C2CC2)cc1. The van der Waals surface area contributed by atoms with Gasteiger partial charge in [-0.05, 0) is 11.5 Å². The molecule has 6 heteroatoms. The Kier molecular flexibility index (Phi) is 4.43. The number of nitrogens with zero attached hydrogens (tertiary/aromatic N) is 3. The van der Waals surface area contributed by atoms with Gasteiger partial charge >= 0.3 is 0 Å². The van der Waals surface area contributed by atoms with Gasteiger partial charge in [-0.1, -0.05) is 38.1 Å². The summed E-state index contributed by atoms with van der Waals surface area (Å²) in [5.74, 6) is 1.63. The third-order valence-corrected chi connectivity index (χ3v) is 4.33. The molecule has 0 radical (unpaired) electrons. The van der Waals surface area contributed by atoms with Gasteiger partial charge < -0.3 is 16.4 Å². The van der Waals surface area contributed by atoms with Crippen molar-refractivity contribution >= 4 is 11.9 Å². The van der Waals surface area contributed by atoms with Gasteiger partial charge in [0.2, 0.25) is 11.9 Å². The molecule has 1 atom stereocenters. The zero-order chi connectivity index (χ0) is 16.4. The minimum atomic E-state index is 0.198. The first-order chi connectivity index (χ1) is 11.0. The van der Waals surface area contributed by atoms with E-state index >= 15 is 0 Å². The van der Waals surface area contributed by atoms with Crippen molar-refractivity contribution in [2.24, 2.45) is 0 Å². The van der Waals surface area contributed by atoms with Crippen LogP contribution in [0.1, 0.15) is 49.6 Å². The zero-order valence-electron chi connectivity index (χ0n) is 13.8. The van der Waals surface area contributed by atoms with Crippen LogP contribution in [-0.4, -0.2) is 21.0 Å². The van der Waals surface area contributed by atoms with E-state index in [4.69, 9.17) is 11.5 Å². The number of aromatic nitrogens is 3. The summed E-state index contributed by atoms with van der Waals surface area (Å²) >= 11 is 0. The zero-order valence-corrected chi connectivity index (χ0v) is 13.8. The summed E-state index contributed by atoms with van der Waals surface area (Å²) in [5.41, 5.74) is 14.1. The lowest BCUT2D eigenvalue weighted by Gasteiger charge is -2.19. The van der Waals surface area contributed by atoms with Crippen molar-refractivity contribution in [2.45, 2.75) is 51.7 Å². The molecule has 122 valence electrons. The van der Waals surface area contributed by atoms with E-state index in [1.54, 1.807) is 0 Å². The smallest absolute Gasteiger partial charge is 0.225 e. The first kappa shape index (κ1) is 15.7. The summed E-state index contributed by atoms with van der Waals surface area (Å²) in [6.07, 6.45) is 2.52. The topological polar surface area (TPSA) is 95.2 Å².